The number of sulfonamides is 1. The summed E-state index contributed by atoms with van der Waals surface area (Å²) in [4.78, 5) is 0.251. The van der Waals surface area contributed by atoms with E-state index in [1.54, 1.807) is 42.5 Å². The maximum Gasteiger partial charge on any atom is 0.243 e. The van der Waals surface area contributed by atoms with Gasteiger partial charge in [0.25, 0.3) is 0 Å². The van der Waals surface area contributed by atoms with Gasteiger partial charge in [-0.3, -0.25) is 0 Å². The van der Waals surface area contributed by atoms with Crippen molar-refractivity contribution in [2.75, 3.05) is 26.3 Å². The first-order valence-electron chi connectivity index (χ1n) is 7.89. The zero-order chi connectivity index (χ0) is 17.7. The van der Waals surface area contributed by atoms with Gasteiger partial charge in [0, 0.05) is 13.1 Å². The smallest absolute Gasteiger partial charge is 0.243 e. The second kappa shape index (κ2) is 7.66. The van der Waals surface area contributed by atoms with Gasteiger partial charge in [0.1, 0.15) is 12.4 Å². The summed E-state index contributed by atoms with van der Waals surface area (Å²) in [6, 6.07) is 15.6. The molecular weight excluding hydrogens is 340 g/mol. The summed E-state index contributed by atoms with van der Waals surface area (Å²) >= 11 is 0. The Hall–Kier alpha value is -2.40. The van der Waals surface area contributed by atoms with E-state index < -0.39 is 10.0 Å². The van der Waals surface area contributed by atoms with Gasteiger partial charge in [0.15, 0.2) is 0 Å². The molecule has 0 saturated carbocycles. The van der Waals surface area contributed by atoms with Gasteiger partial charge in [-0.1, -0.05) is 18.2 Å². The molecule has 0 amide bonds. The molecule has 0 N–H and O–H groups in total. The molecule has 0 radical (unpaired) electrons. The fraction of sp³-hybridized carbons (Fsp3) is 0.278. The van der Waals surface area contributed by atoms with Crippen molar-refractivity contribution in [1.82, 2.24) is 4.31 Å². The predicted octanol–water partition coefficient (Wildman–Crippen LogP) is 2.16. The number of nitrogens with zero attached hydrogens (tertiary/aromatic N) is 2. The minimum absolute atomic E-state index is 0.224. The lowest BCUT2D eigenvalue weighted by atomic mass is 10.2. The van der Waals surface area contributed by atoms with E-state index in [1.807, 2.05) is 6.07 Å². The zero-order valence-electron chi connectivity index (χ0n) is 13.6. The molecule has 1 heterocycles. The predicted molar refractivity (Wildman–Crippen MR) is 91.5 cm³/mol. The van der Waals surface area contributed by atoms with Crippen LogP contribution in [0.3, 0.4) is 0 Å². The highest BCUT2D eigenvalue weighted by Crippen LogP contribution is 2.20. The number of rotatable bonds is 5. The van der Waals surface area contributed by atoms with Gasteiger partial charge < -0.3 is 9.47 Å². The fourth-order valence-electron chi connectivity index (χ4n) is 2.55. The minimum Gasteiger partial charge on any atom is -0.489 e. The molecule has 6 nitrogen and oxygen atoms in total. The molecule has 130 valence electrons. The molecule has 1 fully saturated rings. The fourth-order valence-corrected chi connectivity index (χ4v) is 4.03. The van der Waals surface area contributed by atoms with Crippen molar-refractivity contribution in [2.45, 2.75) is 11.5 Å². The van der Waals surface area contributed by atoms with Gasteiger partial charge in [0.2, 0.25) is 10.0 Å². The zero-order valence-corrected chi connectivity index (χ0v) is 14.4. The largest absolute Gasteiger partial charge is 0.489 e. The highest BCUT2D eigenvalue weighted by molar-refractivity contribution is 7.89. The molecule has 2 aromatic carbocycles. The summed E-state index contributed by atoms with van der Waals surface area (Å²) in [5.41, 5.74) is 1.26. The van der Waals surface area contributed by atoms with E-state index in [0.29, 0.717) is 37.6 Å². The molecule has 1 saturated heterocycles. The first kappa shape index (κ1) is 17.4. The van der Waals surface area contributed by atoms with Gasteiger partial charge in [-0.2, -0.15) is 9.57 Å². The highest BCUT2D eigenvalue weighted by Gasteiger charge is 2.26. The van der Waals surface area contributed by atoms with Crippen molar-refractivity contribution >= 4 is 10.0 Å². The summed E-state index contributed by atoms with van der Waals surface area (Å²) in [5.74, 6) is 0.570. The Balaban J connectivity index is 1.74. The first-order valence-corrected chi connectivity index (χ1v) is 9.33. The molecule has 0 atom stereocenters. The number of benzene rings is 2. The standard InChI is InChI=1S/C18H18N2O4S/c19-13-15-3-1-5-17(11-15)24-14-16-4-2-6-18(12-16)25(21,22)20-7-9-23-10-8-20/h1-6,11-12H,7-10,14H2. The third-order valence-electron chi connectivity index (χ3n) is 3.87. The number of morpholine rings is 1. The third kappa shape index (κ3) is 4.17. The topological polar surface area (TPSA) is 79.6 Å². The van der Waals surface area contributed by atoms with Crippen molar-refractivity contribution in [3.63, 3.8) is 0 Å². The Kier molecular flexibility index (Phi) is 5.34. The summed E-state index contributed by atoms with van der Waals surface area (Å²) in [6.07, 6.45) is 0. The van der Waals surface area contributed by atoms with Gasteiger partial charge in [-0.05, 0) is 35.9 Å². The number of hydrogen-bond acceptors (Lipinski definition) is 5. The maximum absolute atomic E-state index is 12.7. The van der Waals surface area contributed by atoms with Crippen LogP contribution in [-0.4, -0.2) is 39.0 Å². The SMILES string of the molecule is N#Cc1cccc(OCc2cccc(S(=O)(=O)N3CCOCC3)c2)c1. The van der Waals surface area contributed by atoms with E-state index in [1.165, 1.54) is 4.31 Å². The highest BCUT2D eigenvalue weighted by atomic mass is 32.2. The number of nitriles is 1. The molecule has 2 aromatic rings. The Morgan fingerprint density at radius 3 is 2.64 bits per heavy atom. The van der Waals surface area contributed by atoms with Gasteiger partial charge >= 0.3 is 0 Å². The Morgan fingerprint density at radius 1 is 1.12 bits per heavy atom. The van der Waals surface area contributed by atoms with Crippen LogP contribution in [0.1, 0.15) is 11.1 Å². The molecule has 0 aliphatic carbocycles. The van der Waals surface area contributed by atoms with E-state index >= 15 is 0 Å². The van der Waals surface area contributed by atoms with Crippen LogP contribution in [0.2, 0.25) is 0 Å². The molecule has 7 heteroatoms. The van der Waals surface area contributed by atoms with Crippen molar-refractivity contribution in [2.24, 2.45) is 0 Å². The van der Waals surface area contributed by atoms with Crippen LogP contribution >= 0.6 is 0 Å². The average molecular weight is 358 g/mol. The van der Waals surface area contributed by atoms with Crippen LogP contribution in [-0.2, 0) is 21.4 Å². The van der Waals surface area contributed by atoms with Gasteiger partial charge in [0.05, 0.1) is 29.7 Å². The summed E-state index contributed by atoms with van der Waals surface area (Å²) in [7, 11) is -3.52. The van der Waals surface area contributed by atoms with E-state index in [0.717, 1.165) is 5.56 Å². The molecule has 1 aliphatic rings. The Bertz CT molecular complexity index is 884. The molecule has 0 unspecified atom stereocenters. The molecule has 0 bridgehead atoms. The van der Waals surface area contributed by atoms with Crippen molar-refractivity contribution < 1.29 is 17.9 Å². The summed E-state index contributed by atoms with van der Waals surface area (Å²) < 4.78 is 37.7. The maximum atomic E-state index is 12.7. The monoisotopic (exact) mass is 358 g/mol. The number of ether oxygens (including phenoxy) is 2. The molecule has 3 rings (SSSR count). The van der Waals surface area contributed by atoms with Gasteiger partial charge in [-0.25, -0.2) is 8.42 Å². The van der Waals surface area contributed by atoms with E-state index in [2.05, 4.69) is 6.07 Å². The second-order valence-corrected chi connectivity index (χ2v) is 7.53. The molecule has 0 aromatic heterocycles. The minimum atomic E-state index is -3.52. The lowest BCUT2D eigenvalue weighted by Gasteiger charge is -2.26. The van der Waals surface area contributed by atoms with Crippen LogP contribution in [0.5, 0.6) is 5.75 Å². The van der Waals surface area contributed by atoms with Crippen LogP contribution in [0.15, 0.2) is 53.4 Å². The molecule has 0 spiro atoms. The molecule has 1 aliphatic heterocycles. The number of hydrogen-bond donors (Lipinski definition) is 0. The van der Waals surface area contributed by atoms with Crippen molar-refractivity contribution in [1.29, 1.82) is 5.26 Å². The summed E-state index contributed by atoms with van der Waals surface area (Å²) in [6.45, 7) is 1.78. The van der Waals surface area contributed by atoms with Crippen LogP contribution in [0, 0.1) is 11.3 Å². The van der Waals surface area contributed by atoms with Crippen LogP contribution in [0.4, 0.5) is 0 Å². The van der Waals surface area contributed by atoms with Crippen molar-refractivity contribution in [3.05, 3.63) is 59.7 Å². The van der Waals surface area contributed by atoms with Gasteiger partial charge in [-0.15, -0.1) is 0 Å². The van der Waals surface area contributed by atoms with Crippen LogP contribution in [0.25, 0.3) is 0 Å². The van der Waals surface area contributed by atoms with E-state index in [-0.39, 0.29) is 11.5 Å². The quantitative estimate of drug-likeness (QED) is 0.818. The Morgan fingerprint density at radius 2 is 1.88 bits per heavy atom. The average Bonchev–Trinajstić information content (AvgIpc) is 2.67. The van der Waals surface area contributed by atoms with E-state index in [4.69, 9.17) is 14.7 Å². The summed E-state index contributed by atoms with van der Waals surface area (Å²) in [5, 5.41) is 8.91. The normalized spacial score (nSPS) is 15.5. The second-order valence-electron chi connectivity index (χ2n) is 5.59. The lowest BCUT2D eigenvalue weighted by Crippen LogP contribution is -2.40. The van der Waals surface area contributed by atoms with Crippen molar-refractivity contribution in [3.8, 4) is 11.8 Å². The third-order valence-corrected chi connectivity index (χ3v) is 5.77. The Labute approximate surface area is 147 Å². The van der Waals surface area contributed by atoms with E-state index in [9.17, 15) is 8.42 Å². The first-order chi connectivity index (χ1) is 12.1. The molecule has 25 heavy (non-hydrogen) atoms. The lowest BCUT2D eigenvalue weighted by molar-refractivity contribution is 0.0730. The van der Waals surface area contributed by atoms with Crippen LogP contribution < -0.4 is 4.74 Å². The molecular formula is C18H18N2O4S.